The molecule has 0 unspecified atom stereocenters. The van der Waals surface area contributed by atoms with Gasteiger partial charge >= 0.3 is 0 Å². The summed E-state index contributed by atoms with van der Waals surface area (Å²) >= 11 is 5.46. The maximum Gasteiger partial charge on any atom is 0.171 e. The maximum atomic E-state index is 5.46. The van der Waals surface area contributed by atoms with Gasteiger partial charge in [0.05, 0.1) is 0 Å². The third-order valence-electron chi connectivity index (χ3n) is 2.76. The lowest BCUT2D eigenvalue weighted by Gasteiger charge is -2.34. The predicted octanol–water partition coefficient (Wildman–Crippen LogP) is 0.272. The SMILES string of the molecule is S=C(N1CCCC1)N1CCNCC1. The average Bonchev–Trinajstić information content (AvgIpc) is 2.71. The molecule has 74 valence electrons. The van der Waals surface area contributed by atoms with E-state index in [4.69, 9.17) is 12.2 Å². The molecule has 0 aromatic heterocycles. The van der Waals surface area contributed by atoms with Crippen LogP contribution >= 0.6 is 12.2 Å². The smallest absolute Gasteiger partial charge is 0.171 e. The lowest BCUT2D eigenvalue weighted by atomic mass is 10.4. The van der Waals surface area contributed by atoms with Crippen LogP contribution in [0, 0.1) is 0 Å². The van der Waals surface area contributed by atoms with Crippen molar-refractivity contribution in [2.45, 2.75) is 12.8 Å². The Balaban J connectivity index is 1.87. The van der Waals surface area contributed by atoms with Crippen LogP contribution in [0.5, 0.6) is 0 Å². The molecule has 0 aromatic carbocycles. The molecule has 13 heavy (non-hydrogen) atoms. The van der Waals surface area contributed by atoms with Crippen molar-refractivity contribution in [1.29, 1.82) is 0 Å². The molecule has 2 saturated heterocycles. The summed E-state index contributed by atoms with van der Waals surface area (Å²) in [6.07, 6.45) is 2.62. The summed E-state index contributed by atoms with van der Waals surface area (Å²) < 4.78 is 0. The molecule has 0 radical (unpaired) electrons. The lowest BCUT2D eigenvalue weighted by molar-refractivity contribution is 0.318. The van der Waals surface area contributed by atoms with Crippen molar-refractivity contribution in [1.82, 2.24) is 15.1 Å². The highest BCUT2D eigenvalue weighted by atomic mass is 32.1. The van der Waals surface area contributed by atoms with Gasteiger partial charge in [0.15, 0.2) is 5.11 Å². The van der Waals surface area contributed by atoms with E-state index in [-0.39, 0.29) is 0 Å². The molecule has 0 bridgehead atoms. The predicted molar refractivity (Wildman–Crippen MR) is 57.8 cm³/mol. The number of nitrogens with zero attached hydrogens (tertiary/aromatic N) is 2. The first-order valence-electron chi connectivity index (χ1n) is 5.12. The molecule has 0 saturated carbocycles. The number of hydrogen-bond donors (Lipinski definition) is 1. The van der Waals surface area contributed by atoms with Crippen LogP contribution in [-0.2, 0) is 0 Å². The number of hydrogen-bond acceptors (Lipinski definition) is 2. The van der Waals surface area contributed by atoms with E-state index in [1.807, 2.05) is 0 Å². The number of likely N-dealkylation sites (tertiary alicyclic amines) is 1. The Morgan fingerprint density at radius 1 is 0.923 bits per heavy atom. The highest BCUT2D eigenvalue weighted by molar-refractivity contribution is 7.80. The molecule has 4 heteroatoms. The standard InChI is InChI=1S/C9H17N3S/c13-9(11-5-1-2-6-11)12-7-3-10-4-8-12/h10H,1-8H2. The molecule has 0 spiro atoms. The summed E-state index contributed by atoms with van der Waals surface area (Å²) in [5.41, 5.74) is 0. The zero-order chi connectivity index (χ0) is 9.10. The molecular formula is C9H17N3S. The minimum Gasteiger partial charge on any atom is -0.349 e. The Morgan fingerprint density at radius 3 is 2.08 bits per heavy atom. The molecule has 2 heterocycles. The molecule has 2 aliphatic heterocycles. The normalized spacial score (nSPS) is 23.7. The van der Waals surface area contributed by atoms with Crippen molar-refractivity contribution in [3.05, 3.63) is 0 Å². The van der Waals surface area contributed by atoms with Crippen LogP contribution in [0.15, 0.2) is 0 Å². The Kier molecular flexibility index (Phi) is 3.01. The third-order valence-corrected chi connectivity index (χ3v) is 3.28. The summed E-state index contributed by atoms with van der Waals surface area (Å²) in [6.45, 7) is 6.65. The Morgan fingerprint density at radius 2 is 1.46 bits per heavy atom. The van der Waals surface area contributed by atoms with Crippen molar-refractivity contribution in [3.8, 4) is 0 Å². The second-order valence-corrected chi connectivity index (χ2v) is 4.08. The molecule has 3 nitrogen and oxygen atoms in total. The molecule has 0 amide bonds. The van der Waals surface area contributed by atoms with E-state index in [0.29, 0.717) is 0 Å². The van der Waals surface area contributed by atoms with Gasteiger partial charge in [-0.3, -0.25) is 0 Å². The molecule has 2 aliphatic rings. The van der Waals surface area contributed by atoms with E-state index in [1.165, 1.54) is 25.9 Å². The van der Waals surface area contributed by atoms with Crippen molar-refractivity contribution in [2.75, 3.05) is 39.3 Å². The first-order valence-corrected chi connectivity index (χ1v) is 5.53. The molecular weight excluding hydrogens is 182 g/mol. The van der Waals surface area contributed by atoms with E-state index in [9.17, 15) is 0 Å². The van der Waals surface area contributed by atoms with Gasteiger partial charge in [-0.2, -0.15) is 0 Å². The summed E-state index contributed by atoms with van der Waals surface area (Å²) in [5, 5.41) is 4.42. The highest BCUT2D eigenvalue weighted by Gasteiger charge is 2.20. The molecule has 0 atom stereocenters. The van der Waals surface area contributed by atoms with E-state index < -0.39 is 0 Å². The fraction of sp³-hybridized carbons (Fsp3) is 0.889. The first kappa shape index (κ1) is 9.21. The second-order valence-electron chi connectivity index (χ2n) is 3.71. The van der Waals surface area contributed by atoms with E-state index >= 15 is 0 Å². The minimum absolute atomic E-state index is 1.08. The molecule has 1 N–H and O–H groups in total. The monoisotopic (exact) mass is 199 g/mol. The number of rotatable bonds is 0. The van der Waals surface area contributed by atoms with Gasteiger partial charge < -0.3 is 15.1 Å². The lowest BCUT2D eigenvalue weighted by Crippen LogP contribution is -2.50. The van der Waals surface area contributed by atoms with Gasteiger partial charge in [0, 0.05) is 39.3 Å². The van der Waals surface area contributed by atoms with Crippen LogP contribution in [0.2, 0.25) is 0 Å². The van der Waals surface area contributed by atoms with Crippen LogP contribution in [0.25, 0.3) is 0 Å². The fourth-order valence-corrected chi connectivity index (χ4v) is 2.33. The maximum absolute atomic E-state index is 5.46. The zero-order valence-corrected chi connectivity index (χ0v) is 8.78. The summed E-state index contributed by atoms with van der Waals surface area (Å²) in [7, 11) is 0. The summed E-state index contributed by atoms with van der Waals surface area (Å²) in [6, 6.07) is 0. The van der Waals surface area contributed by atoms with Crippen LogP contribution in [0.3, 0.4) is 0 Å². The summed E-state index contributed by atoms with van der Waals surface area (Å²) in [4.78, 5) is 4.68. The van der Waals surface area contributed by atoms with Gasteiger partial charge in [-0.15, -0.1) is 0 Å². The van der Waals surface area contributed by atoms with Crippen LogP contribution in [-0.4, -0.2) is 54.2 Å². The summed E-state index contributed by atoms with van der Waals surface area (Å²) in [5.74, 6) is 0. The van der Waals surface area contributed by atoms with Crippen molar-refractivity contribution >= 4 is 17.3 Å². The fourth-order valence-electron chi connectivity index (χ4n) is 1.96. The van der Waals surface area contributed by atoms with Crippen LogP contribution < -0.4 is 5.32 Å². The van der Waals surface area contributed by atoms with Crippen molar-refractivity contribution < 1.29 is 0 Å². The van der Waals surface area contributed by atoms with Crippen LogP contribution in [0.4, 0.5) is 0 Å². The topological polar surface area (TPSA) is 18.5 Å². The average molecular weight is 199 g/mol. The molecule has 2 fully saturated rings. The van der Waals surface area contributed by atoms with Gasteiger partial charge in [0.2, 0.25) is 0 Å². The quantitative estimate of drug-likeness (QED) is 0.564. The van der Waals surface area contributed by atoms with Gasteiger partial charge in [0.1, 0.15) is 0 Å². The number of nitrogens with one attached hydrogen (secondary N) is 1. The Bertz CT molecular complexity index is 183. The Labute approximate surface area is 85.1 Å². The Hall–Kier alpha value is -0.350. The van der Waals surface area contributed by atoms with Gasteiger partial charge in [-0.1, -0.05) is 0 Å². The molecule has 0 aliphatic carbocycles. The number of piperazine rings is 1. The van der Waals surface area contributed by atoms with Crippen molar-refractivity contribution in [2.24, 2.45) is 0 Å². The van der Waals surface area contributed by atoms with Gasteiger partial charge in [-0.05, 0) is 25.1 Å². The largest absolute Gasteiger partial charge is 0.349 e. The van der Waals surface area contributed by atoms with Crippen LogP contribution in [0.1, 0.15) is 12.8 Å². The van der Waals surface area contributed by atoms with Crippen molar-refractivity contribution in [3.63, 3.8) is 0 Å². The van der Waals surface area contributed by atoms with Gasteiger partial charge in [0.25, 0.3) is 0 Å². The van der Waals surface area contributed by atoms with Gasteiger partial charge in [-0.25, -0.2) is 0 Å². The highest BCUT2D eigenvalue weighted by Crippen LogP contribution is 2.11. The van der Waals surface area contributed by atoms with E-state index in [0.717, 1.165) is 31.3 Å². The second kappa shape index (κ2) is 4.24. The number of thiocarbonyl (C=S) groups is 1. The molecule has 0 aromatic rings. The third kappa shape index (κ3) is 2.11. The molecule has 2 rings (SSSR count). The first-order chi connectivity index (χ1) is 6.38. The van der Waals surface area contributed by atoms with E-state index in [1.54, 1.807) is 0 Å². The van der Waals surface area contributed by atoms with E-state index in [2.05, 4.69) is 15.1 Å². The zero-order valence-electron chi connectivity index (χ0n) is 7.96. The minimum atomic E-state index is 1.08.